The fourth-order valence-electron chi connectivity index (χ4n) is 1.91. The van der Waals surface area contributed by atoms with Crippen molar-refractivity contribution in [1.29, 1.82) is 0 Å². The van der Waals surface area contributed by atoms with Gasteiger partial charge in [0.15, 0.2) is 0 Å². The standard InChI is InChI=1S/C16H13ClF3N3O2S/c17-11-5-3-10(4-6-11)13(24)21-8-9-22-14(25)12-2-1-7-23-15(12)26-16(18,19)20/h1-7H,8-9H2,(H,21,24)(H,22,25). The number of amides is 2. The highest BCUT2D eigenvalue weighted by molar-refractivity contribution is 8.00. The summed E-state index contributed by atoms with van der Waals surface area (Å²) < 4.78 is 37.5. The third kappa shape index (κ3) is 6.23. The minimum absolute atomic E-state index is 0.0448. The van der Waals surface area contributed by atoms with Crippen molar-refractivity contribution in [3.63, 3.8) is 0 Å². The molecule has 0 spiro atoms. The van der Waals surface area contributed by atoms with Crippen molar-refractivity contribution >= 4 is 35.2 Å². The smallest absolute Gasteiger partial charge is 0.350 e. The van der Waals surface area contributed by atoms with Gasteiger partial charge in [0.05, 0.1) is 5.56 Å². The summed E-state index contributed by atoms with van der Waals surface area (Å²) in [6.45, 7) is 0.151. The first-order valence-electron chi connectivity index (χ1n) is 7.29. The maximum Gasteiger partial charge on any atom is 0.447 e. The normalized spacial score (nSPS) is 11.1. The van der Waals surface area contributed by atoms with Crippen molar-refractivity contribution in [3.8, 4) is 0 Å². The van der Waals surface area contributed by atoms with E-state index >= 15 is 0 Å². The van der Waals surface area contributed by atoms with Crippen LogP contribution in [0, 0.1) is 0 Å². The number of halogens is 4. The van der Waals surface area contributed by atoms with E-state index in [1.165, 1.54) is 18.3 Å². The fourth-order valence-corrected chi connectivity index (χ4v) is 2.63. The van der Waals surface area contributed by atoms with Crippen LogP contribution in [0.15, 0.2) is 47.6 Å². The summed E-state index contributed by atoms with van der Waals surface area (Å²) in [5.74, 6) is -1.06. The molecule has 5 nitrogen and oxygen atoms in total. The van der Waals surface area contributed by atoms with E-state index in [9.17, 15) is 22.8 Å². The van der Waals surface area contributed by atoms with Crippen LogP contribution in [0.2, 0.25) is 5.02 Å². The van der Waals surface area contributed by atoms with Gasteiger partial charge in [0.2, 0.25) is 0 Å². The van der Waals surface area contributed by atoms with Gasteiger partial charge in [0.1, 0.15) is 5.03 Å². The topological polar surface area (TPSA) is 71.1 Å². The molecule has 0 saturated heterocycles. The van der Waals surface area contributed by atoms with Gasteiger partial charge in [-0.05, 0) is 36.4 Å². The molecule has 0 fully saturated rings. The molecule has 0 unspecified atom stereocenters. The molecule has 2 amide bonds. The van der Waals surface area contributed by atoms with Gasteiger partial charge >= 0.3 is 5.51 Å². The Balaban J connectivity index is 1.86. The number of hydrogen-bond donors (Lipinski definition) is 2. The largest absolute Gasteiger partial charge is 0.447 e. The van der Waals surface area contributed by atoms with Crippen molar-refractivity contribution in [2.75, 3.05) is 13.1 Å². The van der Waals surface area contributed by atoms with E-state index in [4.69, 9.17) is 11.6 Å². The zero-order valence-corrected chi connectivity index (χ0v) is 14.7. The molecule has 0 bridgehead atoms. The predicted octanol–water partition coefficient (Wildman–Crippen LogP) is 3.51. The average Bonchev–Trinajstić information content (AvgIpc) is 2.58. The van der Waals surface area contributed by atoms with E-state index < -0.39 is 28.2 Å². The Morgan fingerprint density at radius 1 is 1.04 bits per heavy atom. The summed E-state index contributed by atoms with van der Waals surface area (Å²) in [6, 6.07) is 8.86. The van der Waals surface area contributed by atoms with Crippen molar-refractivity contribution in [3.05, 3.63) is 58.7 Å². The van der Waals surface area contributed by atoms with Crippen LogP contribution in [0.1, 0.15) is 20.7 Å². The number of hydrogen-bond acceptors (Lipinski definition) is 4. The second-order valence-electron chi connectivity index (χ2n) is 4.92. The SMILES string of the molecule is O=C(NCCNC(=O)c1cccnc1SC(F)(F)F)c1ccc(Cl)cc1. The third-order valence-electron chi connectivity index (χ3n) is 3.03. The van der Waals surface area contributed by atoms with Gasteiger partial charge in [0.25, 0.3) is 11.8 Å². The number of carbonyl (C=O) groups is 2. The molecule has 0 aliphatic carbocycles. The maximum absolute atomic E-state index is 12.5. The number of aromatic nitrogens is 1. The fraction of sp³-hybridized carbons (Fsp3) is 0.188. The number of rotatable bonds is 6. The van der Waals surface area contributed by atoms with Crippen LogP contribution in [0.3, 0.4) is 0 Å². The molecule has 26 heavy (non-hydrogen) atoms. The highest BCUT2D eigenvalue weighted by Gasteiger charge is 2.32. The van der Waals surface area contributed by atoms with E-state index in [2.05, 4.69) is 15.6 Å². The van der Waals surface area contributed by atoms with Crippen LogP contribution in [-0.4, -0.2) is 35.4 Å². The van der Waals surface area contributed by atoms with Crippen LogP contribution in [0.25, 0.3) is 0 Å². The molecule has 1 aromatic heterocycles. The molecular weight excluding hydrogens is 391 g/mol. The van der Waals surface area contributed by atoms with Crippen LogP contribution in [-0.2, 0) is 0 Å². The molecule has 2 N–H and O–H groups in total. The summed E-state index contributed by atoms with van der Waals surface area (Å²) >= 11 is 5.28. The number of nitrogens with zero attached hydrogens (tertiary/aromatic N) is 1. The highest BCUT2D eigenvalue weighted by Crippen LogP contribution is 2.37. The first kappa shape index (κ1) is 20.1. The average molecular weight is 404 g/mol. The summed E-state index contributed by atoms with van der Waals surface area (Å²) in [4.78, 5) is 27.5. The van der Waals surface area contributed by atoms with Crippen molar-refractivity contribution in [1.82, 2.24) is 15.6 Å². The van der Waals surface area contributed by atoms with Crippen LogP contribution in [0.4, 0.5) is 13.2 Å². The van der Waals surface area contributed by atoms with E-state index in [-0.39, 0.29) is 24.6 Å². The first-order chi connectivity index (χ1) is 12.3. The molecule has 1 heterocycles. The van der Waals surface area contributed by atoms with Crippen LogP contribution >= 0.6 is 23.4 Å². The Morgan fingerprint density at radius 3 is 2.27 bits per heavy atom. The summed E-state index contributed by atoms with van der Waals surface area (Å²) in [6.07, 6.45) is 1.18. The minimum atomic E-state index is -4.55. The molecule has 0 atom stereocenters. The number of carbonyl (C=O) groups excluding carboxylic acids is 2. The van der Waals surface area contributed by atoms with E-state index in [0.717, 1.165) is 0 Å². The molecule has 1 aromatic carbocycles. The van der Waals surface area contributed by atoms with Gasteiger partial charge in [-0.15, -0.1) is 0 Å². The summed E-state index contributed by atoms with van der Waals surface area (Å²) in [5.41, 5.74) is -4.33. The van der Waals surface area contributed by atoms with Gasteiger partial charge in [-0.25, -0.2) is 4.98 Å². The second-order valence-corrected chi connectivity index (χ2v) is 6.41. The lowest BCUT2D eigenvalue weighted by molar-refractivity contribution is -0.0329. The van der Waals surface area contributed by atoms with Crippen LogP contribution < -0.4 is 10.6 Å². The Labute approximate surface area is 156 Å². The summed E-state index contributed by atoms with van der Waals surface area (Å²) in [5, 5.41) is 5.10. The number of pyridine rings is 1. The molecule has 10 heteroatoms. The molecule has 0 aliphatic rings. The van der Waals surface area contributed by atoms with Crippen molar-refractivity contribution in [2.24, 2.45) is 0 Å². The quantitative estimate of drug-likeness (QED) is 0.572. The molecule has 138 valence electrons. The lowest BCUT2D eigenvalue weighted by atomic mass is 10.2. The van der Waals surface area contributed by atoms with Crippen LogP contribution in [0.5, 0.6) is 0 Å². The van der Waals surface area contributed by atoms with Gasteiger partial charge in [-0.2, -0.15) is 13.2 Å². The molecule has 2 rings (SSSR count). The van der Waals surface area contributed by atoms with Gasteiger partial charge < -0.3 is 10.6 Å². The Bertz CT molecular complexity index is 785. The molecular formula is C16H13ClF3N3O2S. The minimum Gasteiger partial charge on any atom is -0.350 e. The highest BCUT2D eigenvalue weighted by atomic mass is 35.5. The van der Waals surface area contributed by atoms with Crippen molar-refractivity contribution < 1.29 is 22.8 Å². The number of alkyl halides is 3. The molecule has 2 aromatic rings. The van der Waals surface area contributed by atoms with E-state index in [1.807, 2.05) is 0 Å². The lowest BCUT2D eigenvalue weighted by Gasteiger charge is -2.11. The number of benzene rings is 1. The first-order valence-corrected chi connectivity index (χ1v) is 8.48. The monoisotopic (exact) mass is 403 g/mol. The third-order valence-corrected chi connectivity index (χ3v) is 4.03. The lowest BCUT2D eigenvalue weighted by Crippen LogP contribution is -2.35. The zero-order valence-electron chi connectivity index (χ0n) is 13.1. The van der Waals surface area contributed by atoms with Crippen molar-refractivity contribution in [2.45, 2.75) is 10.5 Å². The van der Waals surface area contributed by atoms with Gasteiger partial charge in [0, 0.05) is 41.6 Å². The van der Waals surface area contributed by atoms with E-state index in [1.54, 1.807) is 24.3 Å². The number of nitrogens with one attached hydrogen (secondary N) is 2. The van der Waals surface area contributed by atoms with Gasteiger partial charge in [-0.3, -0.25) is 9.59 Å². The predicted molar refractivity (Wildman–Crippen MR) is 92.3 cm³/mol. The molecule has 0 radical (unpaired) electrons. The number of thioether (sulfide) groups is 1. The summed E-state index contributed by atoms with van der Waals surface area (Å²) in [7, 11) is 0. The Hall–Kier alpha value is -2.26. The van der Waals surface area contributed by atoms with Gasteiger partial charge in [-0.1, -0.05) is 11.6 Å². The van der Waals surface area contributed by atoms with E-state index in [0.29, 0.717) is 10.6 Å². The second kappa shape index (κ2) is 8.91. The Kier molecular flexibility index (Phi) is 6.87. The zero-order chi connectivity index (χ0) is 19.2. The molecule has 0 saturated carbocycles. The maximum atomic E-state index is 12.5. The molecule has 0 aliphatic heterocycles. The Morgan fingerprint density at radius 2 is 1.65 bits per heavy atom.